The molecule has 0 saturated heterocycles. The van der Waals surface area contributed by atoms with Gasteiger partial charge in [0.05, 0.1) is 0 Å². The number of primary amides is 1. The Morgan fingerprint density at radius 1 is 1.26 bits per heavy atom. The van der Waals surface area contributed by atoms with Crippen molar-refractivity contribution in [3.8, 4) is 0 Å². The lowest BCUT2D eigenvalue weighted by Crippen LogP contribution is -2.58. The molecule has 4 nitrogen and oxygen atoms in total. The predicted molar refractivity (Wildman–Crippen MR) is 73.6 cm³/mol. The summed E-state index contributed by atoms with van der Waals surface area (Å²) in [6, 6.07) is 0.528. The zero-order valence-corrected chi connectivity index (χ0v) is 11.7. The highest BCUT2D eigenvalue weighted by Crippen LogP contribution is 2.40. The highest BCUT2D eigenvalue weighted by atomic mass is 16.5. The van der Waals surface area contributed by atoms with Crippen molar-refractivity contribution in [2.24, 2.45) is 17.6 Å². The van der Waals surface area contributed by atoms with Crippen LogP contribution in [0.4, 0.5) is 0 Å². The molecule has 2 atom stereocenters. The summed E-state index contributed by atoms with van der Waals surface area (Å²) in [5, 5.41) is 3.55. The highest BCUT2D eigenvalue weighted by Gasteiger charge is 2.49. The summed E-state index contributed by atoms with van der Waals surface area (Å²) in [7, 11) is 0. The first-order chi connectivity index (χ1) is 9.21. The van der Waals surface area contributed by atoms with Gasteiger partial charge in [-0.25, -0.2) is 0 Å². The maximum Gasteiger partial charge on any atom is 0.238 e. The van der Waals surface area contributed by atoms with Crippen LogP contribution in [0.25, 0.3) is 0 Å². The number of hydrogen-bond acceptors (Lipinski definition) is 3. The molecular formula is C15H26N2O2. The first kappa shape index (κ1) is 13.4. The van der Waals surface area contributed by atoms with Gasteiger partial charge in [0.2, 0.25) is 5.91 Å². The van der Waals surface area contributed by atoms with Crippen LogP contribution < -0.4 is 11.1 Å². The van der Waals surface area contributed by atoms with E-state index in [9.17, 15) is 4.79 Å². The Bertz CT molecular complexity index is 339. The van der Waals surface area contributed by atoms with Crippen molar-refractivity contribution >= 4 is 5.91 Å². The zero-order chi connectivity index (χ0) is 13.3. The van der Waals surface area contributed by atoms with Crippen molar-refractivity contribution in [3.63, 3.8) is 0 Å². The fraction of sp³-hybridized carbons (Fsp3) is 0.933. The quantitative estimate of drug-likeness (QED) is 0.656. The van der Waals surface area contributed by atoms with Gasteiger partial charge in [-0.15, -0.1) is 0 Å². The summed E-state index contributed by atoms with van der Waals surface area (Å²) in [5.41, 5.74) is 5.28. The molecule has 0 aliphatic heterocycles. The molecule has 108 valence electrons. The van der Waals surface area contributed by atoms with E-state index < -0.39 is 5.54 Å². The Morgan fingerprint density at radius 2 is 2.05 bits per heavy atom. The van der Waals surface area contributed by atoms with Gasteiger partial charge in [-0.05, 0) is 56.8 Å². The van der Waals surface area contributed by atoms with Gasteiger partial charge in [0.15, 0.2) is 0 Å². The van der Waals surface area contributed by atoms with Crippen molar-refractivity contribution in [2.75, 3.05) is 13.2 Å². The van der Waals surface area contributed by atoms with E-state index in [1.54, 1.807) is 0 Å². The largest absolute Gasteiger partial charge is 0.381 e. The smallest absolute Gasteiger partial charge is 0.238 e. The molecule has 19 heavy (non-hydrogen) atoms. The highest BCUT2D eigenvalue weighted by molar-refractivity contribution is 5.85. The van der Waals surface area contributed by atoms with E-state index in [0.29, 0.717) is 12.0 Å². The second kappa shape index (κ2) is 5.41. The van der Waals surface area contributed by atoms with Crippen LogP contribution in [0.5, 0.6) is 0 Å². The Labute approximate surface area is 115 Å². The molecule has 4 heteroatoms. The standard InChI is InChI=1S/C15H26N2O2/c16-14(18)15(17-13-5-6-13)8-1-2-12(15)7-9-19-10-11-3-4-11/h11-13,17H,1-10H2,(H2,16,18). The van der Waals surface area contributed by atoms with Crippen LogP contribution >= 0.6 is 0 Å². The van der Waals surface area contributed by atoms with E-state index in [1.165, 1.54) is 25.7 Å². The lowest BCUT2D eigenvalue weighted by molar-refractivity contribution is -0.126. The van der Waals surface area contributed by atoms with Crippen LogP contribution in [-0.2, 0) is 9.53 Å². The van der Waals surface area contributed by atoms with Crippen molar-refractivity contribution in [1.82, 2.24) is 5.32 Å². The Morgan fingerprint density at radius 3 is 2.68 bits per heavy atom. The summed E-state index contributed by atoms with van der Waals surface area (Å²) >= 11 is 0. The molecule has 0 heterocycles. The summed E-state index contributed by atoms with van der Waals surface area (Å²) in [5.74, 6) is 1.03. The van der Waals surface area contributed by atoms with E-state index in [1.807, 2.05) is 0 Å². The van der Waals surface area contributed by atoms with E-state index >= 15 is 0 Å². The minimum atomic E-state index is -0.440. The van der Waals surface area contributed by atoms with Crippen LogP contribution in [0, 0.1) is 11.8 Å². The number of amides is 1. The number of carbonyl (C=O) groups is 1. The summed E-state index contributed by atoms with van der Waals surface area (Å²) in [6.45, 7) is 1.69. The van der Waals surface area contributed by atoms with Crippen molar-refractivity contribution in [2.45, 2.75) is 62.9 Å². The first-order valence-corrected chi connectivity index (χ1v) is 7.86. The molecule has 0 radical (unpaired) electrons. The summed E-state index contributed by atoms with van der Waals surface area (Å²) in [6.07, 6.45) is 9.14. The van der Waals surface area contributed by atoms with Gasteiger partial charge in [-0.3, -0.25) is 4.79 Å². The molecule has 0 spiro atoms. The molecule has 3 aliphatic carbocycles. The van der Waals surface area contributed by atoms with E-state index in [0.717, 1.165) is 44.8 Å². The molecule has 0 bridgehead atoms. The van der Waals surface area contributed by atoms with Crippen molar-refractivity contribution in [1.29, 1.82) is 0 Å². The molecule has 1 amide bonds. The average molecular weight is 266 g/mol. The lowest BCUT2D eigenvalue weighted by atomic mass is 9.84. The third-order valence-electron chi connectivity index (χ3n) is 4.96. The fourth-order valence-electron chi connectivity index (χ4n) is 3.41. The zero-order valence-electron chi connectivity index (χ0n) is 11.7. The molecule has 3 saturated carbocycles. The van der Waals surface area contributed by atoms with Gasteiger partial charge in [0, 0.05) is 19.3 Å². The molecule has 0 aromatic rings. The van der Waals surface area contributed by atoms with Crippen molar-refractivity contribution < 1.29 is 9.53 Å². The van der Waals surface area contributed by atoms with E-state index in [-0.39, 0.29) is 5.91 Å². The van der Waals surface area contributed by atoms with Crippen molar-refractivity contribution in [3.05, 3.63) is 0 Å². The van der Waals surface area contributed by atoms with Gasteiger partial charge in [-0.1, -0.05) is 6.42 Å². The maximum absolute atomic E-state index is 12.0. The van der Waals surface area contributed by atoms with Crippen LogP contribution in [0.15, 0.2) is 0 Å². The fourth-order valence-corrected chi connectivity index (χ4v) is 3.41. The molecule has 3 fully saturated rings. The van der Waals surface area contributed by atoms with E-state index in [4.69, 9.17) is 10.5 Å². The topological polar surface area (TPSA) is 64.4 Å². The molecule has 0 aromatic heterocycles. The number of nitrogens with two attached hydrogens (primary N) is 1. The number of carbonyl (C=O) groups excluding carboxylic acids is 1. The second-order valence-corrected chi connectivity index (χ2v) is 6.65. The van der Waals surface area contributed by atoms with Crippen LogP contribution in [0.3, 0.4) is 0 Å². The molecule has 2 unspecified atom stereocenters. The number of hydrogen-bond donors (Lipinski definition) is 2. The van der Waals surface area contributed by atoms with Gasteiger partial charge in [0.1, 0.15) is 5.54 Å². The average Bonchev–Trinajstić information content (AvgIpc) is 3.27. The SMILES string of the molecule is NC(=O)C1(NC2CC2)CCCC1CCOCC1CC1. The predicted octanol–water partition coefficient (Wildman–Crippen LogP) is 1.58. The molecule has 3 rings (SSSR count). The molecule has 3 N–H and O–H groups in total. The van der Waals surface area contributed by atoms with Crippen LogP contribution in [0.2, 0.25) is 0 Å². The number of nitrogens with one attached hydrogen (secondary N) is 1. The van der Waals surface area contributed by atoms with Gasteiger partial charge in [-0.2, -0.15) is 0 Å². The lowest BCUT2D eigenvalue weighted by Gasteiger charge is -2.34. The molecule has 0 aromatic carbocycles. The minimum Gasteiger partial charge on any atom is -0.381 e. The van der Waals surface area contributed by atoms with Gasteiger partial charge < -0.3 is 15.8 Å². The Hall–Kier alpha value is -0.610. The third kappa shape index (κ3) is 3.11. The Balaban J connectivity index is 1.52. The maximum atomic E-state index is 12.0. The summed E-state index contributed by atoms with van der Waals surface area (Å²) in [4.78, 5) is 12.0. The molecular weight excluding hydrogens is 240 g/mol. The van der Waals surface area contributed by atoms with Crippen LogP contribution in [-0.4, -0.2) is 30.7 Å². The number of rotatable bonds is 8. The normalized spacial score (nSPS) is 34.6. The number of ether oxygens (including phenoxy) is 1. The van der Waals surface area contributed by atoms with Gasteiger partial charge >= 0.3 is 0 Å². The monoisotopic (exact) mass is 266 g/mol. The van der Waals surface area contributed by atoms with E-state index in [2.05, 4.69) is 5.32 Å². The third-order valence-corrected chi connectivity index (χ3v) is 4.96. The Kier molecular flexibility index (Phi) is 3.81. The van der Waals surface area contributed by atoms with Crippen LogP contribution in [0.1, 0.15) is 51.4 Å². The van der Waals surface area contributed by atoms with Gasteiger partial charge in [0.25, 0.3) is 0 Å². The summed E-state index contributed by atoms with van der Waals surface area (Å²) < 4.78 is 5.73. The second-order valence-electron chi connectivity index (χ2n) is 6.65. The first-order valence-electron chi connectivity index (χ1n) is 7.86. The molecule has 3 aliphatic rings. The minimum absolute atomic E-state index is 0.149.